The highest BCUT2D eigenvalue weighted by Gasteiger charge is 2.18. The summed E-state index contributed by atoms with van der Waals surface area (Å²) in [5.74, 6) is 0.0239. The maximum atomic E-state index is 12.9. The molecule has 0 aliphatic rings. The fourth-order valence-electron chi connectivity index (χ4n) is 3.71. The van der Waals surface area contributed by atoms with E-state index in [9.17, 15) is 13.2 Å². The third kappa shape index (κ3) is 5.25. The first kappa shape index (κ1) is 24.2. The van der Waals surface area contributed by atoms with Crippen molar-refractivity contribution in [2.75, 3.05) is 17.1 Å². The van der Waals surface area contributed by atoms with Crippen LogP contribution in [-0.4, -0.2) is 31.4 Å². The van der Waals surface area contributed by atoms with Crippen LogP contribution in [0, 0.1) is 0 Å². The van der Waals surface area contributed by atoms with Crippen LogP contribution in [0.4, 0.5) is 11.4 Å². The van der Waals surface area contributed by atoms with Gasteiger partial charge < -0.3 is 10.1 Å². The van der Waals surface area contributed by atoms with E-state index >= 15 is 0 Å². The first-order chi connectivity index (χ1) is 16.8. The topological polar surface area (TPSA) is 110 Å². The van der Waals surface area contributed by atoms with Gasteiger partial charge in [0.2, 0.25) is 0 Å². The Hall–Kier alpha value is -3.98. The van der Waals surface area contributed by atoms with Gasteiger partial charge in [-0.15, -0.1) is 0 Å². The Morgan fingerprint density at radius 2 is 1.60 bits per heavy atom. The van der Waals surface area contributed by atoms with Gasteiger partial charge in [0.15, 0.2) is 0 Å². The third-order valence-electron chi connectivity index (χ3n) is 5.50. The Morgan fingerprint density at radius 3 is 2.31 bits per heavy atom. The molecule has 1 amide bonds. The van der Waals surface area contributed by atoms with Gasteiger partial charge in [-0.05, 0) is 61.4 Å². The predicted molar refractivity (Wildman–Crippen MR) is 136 cm³/mol. The van der Waals surface area contributed by atoms with Gasteiger partial charge in [0.05, 0.1) is 40.1 Å². The van der Waals surface area contributed by atoms with Crippen LogP contribution in [0.15, 0.2) is 71.6 Å². The Balaban J connectivity index is 1.57. The molecule has 0 aliphatic heterocycles. The minimum atomic E-state index is -3.91. The summed E-state index contributed by atoms with van der Waals surface area (Å²) in [6, 6.07) is 17.9. The van der Waals surface area contributed by atoms with Gasteiger partial charge in [0, 0.05) is 11.3 Å². The minimum Gasteiger partial charge on any atom is -0.495 e. The number of anilines is 2. The number of carbonyl (C=O) groups is 1. The van der Waals surface area contributed by atoms with Crippen LogP contribution in [0.5, 0.6) is 5.75 Å². The maximum Gasteiger partial charge on any atom is 0.262 e. The molecule has 9 heteroatoms. The van der Waals surface area contributed by atoms with Crippen molar-refractivity contribution < 1.29 is 17.9 Å². The van der Waals surface area contributed by atoms with E-state index in [1.165, 1.54) is 19.2 Å². The molecule has 1 heterocycles. The zero-order valence-electron chi connectivity index (χ0n) is 19.7. The number of methoxy groups -OCH3 is 1. The van der Waals surface area contributed by atoms with E-state index in [2.05, 4.69) is 20.0 Å². The summed E-state index contributed by atoms with van der Waals surface area (Å²) in [6.07, 6.45) is 1.55. The molecule has 1 aromatic heterocycles. The van der Waals surface area contributed by atoms with Gasteiger partial charge in [0.1, 0.15) is 5.75 Å². The van der Waals surface area contributed by atoms with Crippen molar-refractivity contribution >= 4 is 38.3 Å². The van der Waals surface area contributed by atoms with Gasteiger partial charge >= 0.3 is 0 Å². The predicted octanol–water partition coefficient (Wildman–Crippen LogP) is 4.82. The number of nitrogens with zero attached hydrogens (tertiary/aromatic N) is 2. The summed E-state index contributed by atoms with van der Waals surface area (Å²) in [5, 5.41) is 2.77. The van der Waals surface area contributed by atoms with Gasteiger partial charge in [-0.1, -0.05) is 32.0 Å². The first-order valence-corrected chi connectivity index (χ1v) is 12.7. The molecule has 0 saturated heterocycles. The lowest BCUT2D eigenvalue weighted by Crippen LogP contribution is -2.15. The fourth-order valence-corrected chi connectivity index (χ4v) is 4.83. The summed E-state index contributed by atoms with van der Waals surface area (Å²) >= 11 is 0. The minimum absolute atomic E-state index is 0.00488. The van der Waals surface area contributed by atoms with Crippen molar-refractivity contribution in [3.63, 3.8) is 0 Å². The molecule has 0 atom stereocenters. The molecule has 8 nitrogen and oxygen atoms in total. The average Bonchev–Trinajstić information content (AvgIpc) is 2.87. The summed E-state index contributed by atoms with van der Waals surface area (Å²) < 4.78 is 33.6. The van der Waals surface area contributed by atoms with Gasteiger partial charge in [-0.25, -0.2) is 18.4 Å². The van der Waals surface area contributed by atoms with E-state index in [1.54, 1.807) is 54.6 Å². The van der Waals surface area contributed by atoms with Crippen LogP contribution in [0.1, 0.15) is 35.6 Å². The van der Waals surface area contributed by atoms with Crippen molar-refractivity contribution in [2.24, 2.45) is 0 Å². The number of hydrogen-bond acceptors (Lipinski definition) is 6. The number of fused-ring (bicyclic) bond motifs is 1. The molecule has 180 valence electrons. The smallest absolute Gasteiger partial charge is 0.262 e. The number of rotatable bonds is 8. The lowest BCUT2D eigenvalue weighted by molar-refractivity contribution is 0.102. The van der Waals surface area contributed by atoms with Crippen LogP contribution in [0.3, 0.4) is 0 Å². The SMILES string of the molecule is CCc1nc2ccc(C(=O)Nc3cccc(S(=O)(=O)Nc4ccccc4OC)c3)cc2nc1CC. The number of aromatic nitrogens is 2. The van der Waals surface area contributed by atoms with E-state index in [0.29, 0.717) is 28.2 Å². The maximum absolute atomic E-state index is 12.9. The lowest BCUT2D eigenvalue weighted by Gasteiger charge is -2.13. The largest absolute Gasteiger partial charge is 0.495 e. The van der Waals surface area contributed by atoms with Gasteiger partial charge in [-0.2, -0.15) is 0 Å². The molecule has 0 spiro atoms. The summed E-state index contributed by atoms with van der Waals surface area (Å²) in [6.45, 7) is 4.06. The number of benzene rings is 3. The van der Waals surface area contributed by atoms with Crippen molar-refractivity contribution in [3.05, 3.63) is 83.7 Å². The zero-order chi connectivity index (χ0) is 25.0. The lowest BCUT2D eigenvalue weighted by atomic mass is 10.1. The number of hydrogen-bond donors (Lipinski definition) is 2. The standard InChI is InChI=1S/C26H26N4O4S/c1-4-20-21(5-2)29-24-15-17(13-14-22(24)28-20)26(31)27-18-9-8-10-19(16-18)35(32,33)30-23-11-6-7-12-25(23)34-3/h6-16,30H,4-5H2,1-3H3,(H,27,31). The molecular weight excluding hydrogens is 464 g/mol. The van der Waals surface area contributed by atoms with Crippen LogP contribution < -0.4 is 14.8 Å². The molecule has 3 aromatic carbocycles. The summed E-state index contributed by atoms with van der Waals surface area (Å²) in [7, 11) is -2.45. The Labute approximate surface area is 204 Å². The van der Waals surface area contributed by atoms with E-state index in [4.69, 9.17) is 4.74 Å². The first-order valence-electron chi connectivity index (χ1n) is 11.2. The molecule has 0 bridgehead atoms. The molecule has 0 fully saturated rings. The van der Waals surface area contributed by atoms with E-state index in [0.717, 1.165) is 29.7 Å². The number of para-hydroxylation sites is 2. The highest BCUT2D eigenvalue weighted by atomic mass is 32.2. The van der Waals surface area contributed by atoms with Gasteiger partial charge in [0.25, 0.3) is 15.9 Å². The second kappa shape index (κ2) is 10.1. The Kier molecular flexibility index (Phi) is 6.97. The van der Waals surface area contributed by atoms with Crippen molar-refractivity contribution in [2.45, 2.75) is 31.6 Å². The number of sulfonamides is 1. The van der Waals surface area contributed by atoms with Crippen molar-refractivity contribution in [1.29, 1.82) is 0 Å². The number of ether oxygens (including phenoxy) is 1. The second-order valence-corrected chi connectivity index (χ2v) is 9.50. The van der Waals surface area contributed by atoms with Crippen LogP contribution in [0.25, 0.3) is 11.0 Å². The fraction of sp³-hybridized carbons (Fsp3) is 0.192. The van der Waals surface area contributed by atoms with E-state index < -0.39 is 10.0 Å². The normalized spacial score (nSPS) is 11.3. The number of nitrogens with one attached hydrogen (secondary N) is 2. The van der Waals surface area contributed by atoms with Gasteiger partial charge in [-0.3, -0.25) is 9.52 Å². The number of carbonyl (C=O) groups excluding carboxylic acids is 1. The molecular formula is C26H26N4O4S. The van der Waals surface area contributed by atoms with Crippen molar-refractivity contribution in [1.82, 2.24) is 9.97 Å². The second-order valence-electron chi connectivity index (χ2n) is 7.82. The molecule has 2 N–H and O–H groups in total. The highest BCUT2D eigenvalue weighted by Crippen LogP contribution is 2.27. The molecule has 35 heavy (non-hydrogen) atoms. The molecule has 0 radical (unpaired) electrons. The molecule has 0 saturated carbocycles. The zero-order valence-corrected chi connectivity index (χ0v) is 20.5. The highest BCUT2D eigenvalue weighted by molar-refractivity contribution is 7.92. The quantitative estimate of drug-likeness (QED) is 0.367. The molecule has 0 unspecified atom stereocenters. The van der Waals surface area contributed by atoms with Crippen LogP contribution in [0.2, 0.25) is 0 Å². The number of aryl methyl sites for hydroxylation is 2. The Bertz CT molecular complexity index is 1500. The van der Waals surface area contributed by atoms with Crippen molar-refractivity contribution in [3.8, 4) is 5.75 Å². The number of amides is 1. The molecule has 4 aromatic rings. The Morgan fingerprint density at radius 1 is 0.886 bits per heavy atom. The third-order valence-corrected chi connectivity index (χ3v) is 6.87. The average molecular weight is 491 g/mol. The van der Waals surface area contributed by atoms with Crippen LogP contribution >= 0.6 is 0 Å². The van der Waals surface area contributed by atoms with Crippen LogP contribution in [-0.2, 0) is 22.9 Å². The monoisotopic (exact) mass is 490 g/mol. The summed E-state index contributed by atoms with van der Waals surface area (Å²) in [5.41, 5.74) is 4.31. The van der Waals surface area contributed by atoms with E-state index in [1.807, 2.05) is 13.8 Å². The molecule has 0 aliphatic carbocycles. The van der Waals surface area contributed by atoms with E-state index in [-0.39, 0.29) is 10.8 Å². The molecule has 4 rings (SSSR count). The summed E-state index contributed by atoms with van der Waals surface area (Å²) in [4.78, 5) is 22.3.